The molecule has 130 valence electrons. The molecule has 2 amide bonds. The number of nitrogens with two attached hydrogens (primary N) is 1. The molecule has 0 saturated carbocycles. The maximum atomic E-state index is 12.6. The zero-order chi connectivity index (χ0) is 17.8. The number of piperazine rings is 1. The van der Waals surface area contributed by atoms with Crippen LogP contribution >= 0.6 is 0 Å². The van der Waals surface area contributed by atoms with Crippen molar-refractivity contribution in [2.45, 2.75) is 19.5 Å². The van der Waals surface area contributed by atoms with Crippen LogP contribution in [0.2, 0.25) is 0 Å². The number of aromatic nitrogens is 2. The molecule has 7 nitrogen and oxygen atoms in total. The third-order valence-electron chi connectivity index (χ3n) is 4.36. The van der Waals surface area contributed by atoms with Gasteiger partial charge in [-0.1, -0.05) is 30.3 Å². The van der Waals surface area contributed by atoms with E-state index in [1.807, 2.05) is 35.2 Å². The van der Waals surface area contributed by atoms with E-state index in [1.165, 1.54) is 12.4 Å². The van der Waals surface area contributed by atoms with Crippen molar-refractivity contribution in [2.24, 2.45) is 5.73 Å². The first-order chi connectivity index (χ1) is 12.0. The average Bonchev–Trinajstić information content (AvgIpc) is 2.63. The zero-order valence-corrected chi connectivity index (χ0v) is 14.1. The van der Waals surface area contributed by atoms with Gasteiger partial charge in [-0.15, -0.1) is 0 Å². The molecule has 1 aliphatic heterocycles. The predicted molar refractivity (Wildman–Crippen MR) is 92.5 cm³/mol. The van der Waals surface area contributed by atoms with E-state index in [0.29, 0.717) is 31.0 Å². The lowest BCUT2D eigenvalue weighted by Crippen LogP contribution is -2.58. The molecule has 1 saturated heterocycles. The molecule has 2 N–H and O–H groups in total. The highest BCUT2D eigenvalue weighted by molar-refractivity contribution is 5.94. The van der Waals surface area contributed by atoms with Crippen LogP contribution in [0.15, 0.2) is 42.7 Å². The standard InChI is InChI=1S/C18H21N5O2/c1-13-20-9-15(10-21-13)18(25)23-8-7-22(16(12-23)17(19)24)11-14-5-3-2-4-6-14/h2-6,9-10,16H,7-8,11-12H2,1H3,(H2,19,24)/t16-/m0/s1. The smallest absolute Gasteiger partial charge is 0.257 e. The first kappa shape index (κ1) is 17.0. The molecule has 1 aromatic heterocycles. The summed E-state index contributed by atoms with van der Waals surface area (Å²) in [5.41, 5.74) is 7.12. The van der Waals surface area contributed by atoms with Crippen molar-refractivity contribution in [3.8, 4) is 0 Å². The Bertz CT molecular complexity index is 748. The van der Waals surface area contributed by atoms with Gasteiger partial charge in [0.1, 0.15) is 11.9 Å². The number of benzene rings is 1. The highest BCUT2D eigenvalue weighted by atomic mass is 16.2. The second kappa shape index (κ2) is 7.40. The van der Waals surface area contributed by atoms with Gasteiger partial charge in [0, 0.05) is 38.6 Å². The minimum Gasteiger partial charge on any atom is -0.368 e. The number of hydrogen-bond donors (Lipinski definition) is 1. The van der Waals surface area contributed by atoms with E-state index in [2.05, 4.69) is 9.97 Å². The Labute approximate surface area is 146 Å². The van der Waals surface area contributed by atoms with Gasteiger partial charge in [0.15, 0.2) is 0 Å². The third kappa shape index (κ3) is 4.00. The molecular formula is C18H21N5O2. The molecule has 0 radical (unpaired) electrons. The van der Waals surface area contributed by atoms with E-state index in [-0.39, 0.29) is 12.5 Å². The predicted octanol–water partition coefficient (Wildman–Crippen LogP) is 0.597. The van der Waals surface area contributed by atoms with Crippen molar-refractivity contribution in [3.63, 3.8) is 0 Å². The van der Waals surface area contributed by atoms with E-state index < -0.39 is 11.9 Å². The fourth-order valence-electron chi connectivity index (χ4n) is 2.97. The fraction of sp³-hybridized carbons (Fsp3) is 0.333. The van der Waals surface area contributed by atoms with Gasteiger partial charge in [0.2, 0.25) is 5.91 Å². The van der Waals surface area contributed by atoms with Crippen molar-refractivity contribution in [2.75, 3.05) is 19.6 Å². The number of carbonyl (C=O) groups excluding carboxylic acids is 2. The summed E-state index contributed by atoms with van der Waals surface area (Å²) in [6.45, 7) is 3.78. The monoisotopic (exact) mass is 339 g/mol. The Kier molecular flexibility index (Phi) is 5.04. The lowest BCUT2D eigenvalue weighted by atomic mass is 10.1. The topological polar surface area (TPSA) is 92.4 Å². The summed E-state index contributed by atoms with van der Waals surface area (Å²) >= 11 is 0. The number of hydrogen-bond acceptors (Lipinski definition) is 5. The van der Waals surface area contributed by atoms with E-state index in [9.17, 15) is 9.59 Å². The van der Waals surface area contributed by atoms with E-state index in [1.54, 1.807) is 11.8 Å². The van der Waals surface area contributed by atoms with E-state index >= 15 is 0 Å². The first-order valence-electron chi connectivity index (χ1n) is 8.20. The number of primary amides is 1. The molecule has 1 fully saturated rings. The molecule has 0 spiro atoms. The Hall–Kier alpha value is -2.80. The lowest BCUT2D eigenvalue weighted by Gasteiger charge is -2.39. The molecular weight excluding hydrogens is 318 g/mol. The van der Waals surface area contributed by atoms with Crippen LogP contribution in [0.1, 0.15) is 21.7 Å². The number of nitrogens with zero attached hydrogens (tertiary/aromatic N) is 4. The number of aryl methyl sites for hydroxylation is 1. The summed E-state index contributed by atoms with van der Waals surface area (Å²) in [6.07, 6.45) is 3.03. The fourth-order valence-corrected chi connectivity index (χ4v) is 2.97. The molecule has 3 rings (SSSR count). The van der Waals surface area contributed by atoms with Crippen molar-refractivity contribution in [3.05, 3.63) is 59.7 Å². The summed E-state index contributed by atoms with van der Waals surface area (Å²) in [4.78, 5) is 36.3. The van der Waals surface area contributed by atoms with Gasteiger partial charge < -0.3 is 10.6 Å². The highest BCUT2D eigenvalue weighted by Crippen LogP contribution is 2.16. The van der Waals surface area contributed by atoms with Gasteiger partial charge in [-0.05, 0) is 12.5 Å². The normalized spacial score (nSPS) is 18.1. The van der Waals surface area contributed by atoms with Crippen molar-refractivity contribution < 1.29 is 9.59 Å². The molecule has 25 heavy (non-hydrogen) atoms. The first-order valence-corrected chi connectivity index (χ1v) is 8.20. The summed E-state index contributed by atoms with van der Waals surface area (Å²) in [6, 6.07) is 9.40. The number of carbonyl (C=O) groups is 2. The summed E-state index contributed by atoms with van der Waals surface area (Å²) in [5.74, 6) is 0.0124. The van der Waals surface area contributed by atoms with Crippen molar-refractivity contribution in [1.29, 1.82) is 0 Å². The maximum Gasteiger partial charge on any atom is 0.257 e. The van der Waals surface area contributed by atoms with Crippen LogP contribution in [0.25, 0.3) is 0 Å². The molecule has 7 heteroatoms. The molecule has 0 aliphatic carbocycles. The summed E-state index contributed by atoms with van der Waals surface area (Å²) in [5, 5.41) is 0. The number of rotatable bonds is 4. The molecule has 2 heterocycles. The van der Waals surface area contributed by atoms with E-state index in [0.717, 1.165) is 5.56 Å². The van der Waals surface area contributed by atoms with Crippen LogP contribution < -0.4 is 5.73 Å². The van der Waals surface area contributed by atoms with Gasteiger partial charge in [-0.25, -0.2) is 9.97 Å². The van der Waals surface area contributed by atoms with Crippen LogP contribution in [0.3, 0.4) is 0 Å². The maximum absolute atomic E-state index is 12.6. The molecule has 0 bridgehead atoms. The molecule has 2 aromatic rings. The summed E-state index contributed by atoms with van der Waals surface area (Å²) < 4.78 is 0. The highest BCUT2D eigenvalue weighted by Gasteiger charge is 2.33. The Morgan fingerprint density at radius 3 is 2.48 bits per heavy atom. The second-order valence-electron chi connectivity index (χ2n) is 6.14. The van der Waals surface area contributed by atoms with Crippen molar-refractivity contribution >= 4 is 11.8 Å². The Morgan fingerprint density at radius 1 is 1.16 bits per heavy atom. The average molecular weight is 339 g/mol. The van der Waals surface area contributed by atoms with Gasteiger partial charge in [0.25, 0.3) is 5.91 Å². The number of amides is 2. The SMILES string of the molecule is Cc1ncc(C(=O)N2CCN(Cc3ccccc3)[C@H](C(N)=O)C2)cn1. The van der Waals surface area contributed by atoms with Crippen molar-refractivity contribution in [1.82, 2.24) is 19.8 Å². The quantitative estimate of drug-likeness (QED) is 0.880. The lowest BCUT2D eigenvalue weighted by molar-refractivity contribution is -0.125. The zero-order valence-electron chi connectivity index (χ0n) is 14.1. The molecule has 1 aromatic carbocycles. The second-order valence-corrected chi connectivity index (χ2v) is 6.14. The largest absolute Gasteiger partial charge is 0.368 e. The van der Waals surface area contributed by atoms with Crippen LogP contribution in [0.4, 0.5) is 0 Å². The molecule has 1 aliphatic rings. The summed E-state index contributed by atoms with van der Waals surface area (Å²) in [7, 11) is 0. The minimum atomic E-state index is -0.510. The van der Waals surface area contributed by atoms with Gasteiger partial charge in [-0.3, -0.25) is 14.5 Å². The minimum absolute atomic E-state index is 0.175. The van der Waals surface area contributed by atoms with Crippen LogP contribution in [-0.2, 0) is 11.3 Å². The van der Waals surface area contributed by atoms with Gasteiger partial charge in [-0.2, -0.15) is 0 Å². The van der Waals surface area contributed by atoms with Gasteiger partial charge in [0.05, 0.1) is 5.56 Å². The van der Waals surface area contributed by atoms with Crippen LogP contribution in [0, 0.1) is 6.92 Å². The van der Waals surface area contributed by atoms with Gasteiger partial charge >= 0.3 is 0 Å². The van der Waals surface area contributed by atoms with Crippen LogP contribution in [-0.4, -0.2) is 57.3 Å². The Balaban J connectivity index is 1.71. The molecule has 1 atom stereocenters. The Morgan fingerprint density at radius 2 is 1.84 bits per heavy atom. The van der Waals surface area contributed by atoms with Crippen LogP contribution in [0.5, 0.6) is 0 Å². The third-order valence-corrected chi connectivity index (χ3v) is 4.36. The molecule has 0 unspecified atom stereocenters. The van der Waals surface area contributed by atoms with E-state index in [4.69, 9.17) is 5.73 Å².